The van der Waals surface area contributed by atoms with Gasteiger partial charge in [0, 0.05) is 50.9 Å². The van der Waals surface area contributed by atoms with Gasteiger partial charge in [0.1, 0.15) is 5.82 Å². The molecule has 2 fully saturated rings. The van der Waals surface area contributed by atoms with Gasteiger partial charge < -0.3 is 9.32 Å². The van der Waals surface area contributed by atoms with Gasteiger partial charge in [0.2, 0.25) is 17.4 Å². The van der Waals surface area contributed by atoms with E-state index in [1.807, 2.05) is 16.8 Å². The molecular weight excluding hydrogens is 344 g/mol. The van der Waals surface area contributed by atoms with Crippen LogP contribution in [0.3, 0.4) is 0 Å². The maximum Gasteiger partial charge on any atom is 0.230 e. The molecule has 0 spiro atoms. The predicted octanol–water partition coefficient (Wildman–Crippen LogP) is 1.66. The Hall–Kier alpha value is -2.55. The van der Waals surface area contributed by atoms with Gasteiger partial charge in [0.15, 0.2) is 5.82 Å². The van der Waals surface area contributed by atoms with Crippen LogP contribution in [0, 0.1) is 0 Å². The zero-order valence-corrected chi connectivity index (χ0v) is 15.6. The molecule has 1 saturated carbocycles. The largest absolute Gasteiger partial charge is 0.424 e. The Kier molecular flexibility index (Phi) is 4.23. The molecule has 0 amide bonds. The smallest absolute Gasteiger partial charge is 0.230 e. The molecule has 0 unspecified atom stereocenters. The summed E-state index contributed by atoms with van der Waals surface area (Å²) in [6.07, 6.45) is 8.05. The maximum absolute atomic E-state index is 5.82. The van der Waals surface area contributed by atoms with Crippen LogP contribution in [0.1, 0.15) is 49.7 Å². The van der Waals surface area contributed by atoms with E-state index < -0.39 is 0 Å². The maximum atomic E-state index is 5.82. The SMILES string of the molecule is CCc1nnc2c(N3CCCN(Cc4nnc(C5CC5)o4)CC3)nccn12. The molecule has 0 atom stereocenters. The summed E-state index contributed by atoms with van der Waals surface area (Å²) in [7, 11) is 0. The van der Waals surface area contributed by atoms with E-state index in [0.29, 0.717) is 5.92 Å². The van der Waals surface area contributed by atoms with Crippen molar-refractivity contribution in [2.75, 3.05) is 31.1 Å². The van der Waals surface area contributed by atoms with Gasteiger partial charge in [0.05, 0.1) is 6.54 Å². The van der Waals surface area contributed by atoms with E-state index in [9.17, 15) is 0 Å². The fraction of sp³-hybridized carbons (Fsp3) is 0.611. The standard InChI is InChI=1S/C18H24N8O/c1-2-14-20-22-17-16(19-6-9-26(14)17)25-8-3-7-24(10-11-25)12-15-21-23-18(27-15)13-4-5-13/h6,9,13H,2-5,7-8,10-12H2,1H3. The molecule has 9 heteroatoms. The molecule has 0 N–H and O–H groups in total. The third-order valence-corrected chi connectivity index (χ3v) is 5.35. The van der Waals surface area contributed by atoms with Crippen molar-refractivity contribution in [1.82, 2.24) is 34.7 Å². The lowest BCUT2D eigenvalue weighted by atomic mass is 10.3. The number of aryl methyl sites for hydroxylation is 1. The summed E-state index contributed by atoms with van der Waals surface area (Å²) in [5, 5.41) is 17.1. The predicted molar refractivity (Wildman–Crippen MR) is 98.5 cm³/mol. The summed E-state index contributed by atoms with van der Waals surface area (Å²) < 4.78 is 7.87. The number of anilines is 1. The number of hydrogen-bond acceptors (Lipinski definition) is 8. The highest BCUT2D eigenvalue weighted by Gasteiger charge is 2.29. The molecule has 1 aliphatic heterocycles. The monoisotopic (exact) mass is 368 g/mol. The van der Waals surface area contributed by atoms with Crippen LogP contribution in [0.25, 0.3) is 5.65 Å². The summed E-state index contributed by atoms with van der Waals surface area (Å²) in [5.74, 6) is 3.94. The van der Waals surface area contributed by atoms with Crippen molar-refractivity contribution in [2.24, 2.45) is 0 Å². The number of hydrogen-bond donors (Lipinski definition) is 0. The first-order chi connectivity index (χ1) is 13.3. The molecule has 2 aliphatic rings. The van der Waals surface area contributed by atoms with Gasteiger partial charge in [-0.05, 0) is 19.3 Å². The first-order valence-corrected chi connectivity index (χ1v) is 9.80. The zero-order valence-electron chi connectivity index (χ0n) is 15.6. The minimum Gasteiger partial charge on any atom is -0.424 e. The Morgan fingerprint density at radius 3 is 2.85 bits per heavy atom. The lowest BCUT2D eigenvalue weighted by Crippen LogP contribution is -2.31. The summed E-state index contributed by atoms with van der Waals surface area (Å²) >= 11 is 0. The Labute approximate surface area is 157 Å². The Morgan fingerprint density at radius 2 is 2.00 bits per heavy atom. The molecular formula is C18H24N8O. The summed E-state index contributed by atoms with van der Waals surface area (Å²) in [5.41, 5.74) is 0.841. The van der Waals surface area contributed by atoms with Crippen LogP contribution in [0.2, 0.25) is 0 Å². The van der Waals surface area contributed by atoms with E-state index in [2.05, 4.69) is 42.1 Å². The van der Waals surface area contributed by atoms with Crippen molar-refractivity contribution in [3.8, 4) is 0 Å². The summed E-state index contributed by atoms with van der Waals surface area (Å²) in [6, 6.07) is 0. The highest BCUT2D eigenvalue weighted by atomic mass is 16.4. The average molecular weight is 368 g/mol. The number of nitrogens with zero attached hydrogens (tertiary/aromatic N) is 8. The second-order valence-corrected chi connectivity index (χ2v) is 7.34. The first-order valence-electron chi connectivity index (χ1n) is 9.80. The molecule has 27 heavy (non-hydrogen) atoms. The lowest BCUT2D eigenvalue weighted by Gasteiger charge is -2.22. The first kappa shape index (κ1) is 16.6. The highest BCUT2D eigenvalue weighted by molar-refractivity contribution is 5.63. The minimum atomic E-state index is 0.508. The van der Waals surface area contributed by atoms with Crippen molar-refractivity contribution in [3.05, 3.63) is 30.0 Å². The normalized spacial score (nSPS) is 18.9. The van der Waals surface area contributed by atoms with E-state index in [1.54, 1.807) is 0 Å². The van der Waals surface area contributed by atoms with Gasteiger partial charge in [-0.25, -0.2) is 4.98 Å². The quantitative estimate of drug-likeness (QED) is 0.672. The number of fused-ring (bicyclic) bond motifs is 1. The van der Waals surface area contributed by atoms with E-state index in [1.165, 1.54) is 12.8 Å². The molecule has 3 aromatic rings. The number of aromatic nitrogens is 6. The van der Waals surface area contributed by atoms with Crippen LogP contribution in [-0.2, 0) is 13.0 Å². The van der Waals surface area contributed by atoms with Crippen molar-refractivity contribution < 1.29 is 4.42 Å². The molecule has 0 radical (unpaired) electrons. The Morgan fingerprint density at radius 1 is 1.07 bits per heavy atom. The van der Waals surface area contributed by atoms with Crippen molar-refractivity contribution in [3.63, 3.8) is 0 Å². The van der Waals surface area contributed by atoms with Crippen LogP contribution < -0.4 is 4.90 Å². The second kappa shape index (κ2) is 6.88. The topological polar surface area (TPSA) is 88.5 Å². The molecule has 142 valence electrons. The van der Waals surface area contributed by atoms with Crippen LogP contribution >= 0.6 is 0 Å². The minimum absolute atomic E-state index is 0.508. The van der Waals surface area contributed by atoms with E-state index in [4.69, 9.17) is 4.42 Å². The fourth-order valence-electron chi connectivity index (χ4n) is 3.68. The fourth-order valence-corrected chi connectivity index (χ4v) is 3.68. The third kappa shape index (κ3) is 3.27. The second-order valence-electron chi connectivity index (χ2n) is 7.34. The van der Waals surface area contributed by atoms with Crippen LogP contribution in [0.4, 0.5) is 5.82 Å². The zero-order chi connectivity index (χ0) is 18.2. The van der Waals surface area contributed by atoms with Crippen LogP contribution in [-0.4, -0.2) is 60.9 Å². The lowest BCUT2D eigenvalue weighted by molar-refractivity contribution is 0.252. The molecule has 0 bridgehead atoms. The molecule has 0 aromatic carbocycles. The Balaban J connectivity index is 1.29. The average Bonchev–Trinajstić information content (AvgIpc) is 3.36. The third-order valence-electron chi connectivity index (χ3n) is 5.35. The molecule has 3 aromatic heterocycles. The van der Waals surface area contributed by atoms with Gasteiger partial charge in [0.25, 0.3) is 0 Å². The van der Waals surface area contributed by atoms with E-state index >= 15 is 0 Å². The number of rotatable bonds is 5. The van der Waals surface area contributed by atoms with Gasteiger partial charge in [-0.3, -0.25) is 9.30 Å². The van der Waals surface area contributed by atoms with Gasteiger partial charge in [-0.1, -0.05) is 6.92 Å². The van der Waals surface area contributed by atoms with Crippen molar-refractivity contribution in [1.29, 1.82) is 0 Å². The van der Waals surface area contributed by atoms with Gasteiger partial charge in [-0.15, -0.1) is 20.4 Å². The molecule has 5 rings (SSSR count). The van der Waals surface area contributed by atoms with Gasteiger partial charge >= 0.3 is 0 Å². The Bertz CT molecular complexity index is 930. The van der Waals surface area contributed by atoms with Crippen molar-refractivity contribution in [2.45, 2.75) is 45.1 Å². The summed E-state index contributed by atoms with van der Waals surface area (Å²) in [6.45, 7) is 6.59. The molecule has 1 aliphatic carbocycles. The van der Waals surface area contributed by atoms with Crippen LogP contribution in [0.5, 0.6) is 0 Å². The van der Waals surface area contributed by atoms with Gasteiger partial charge in [-0.2, -0.15) is 0 Å². The molecule has 1 saturated heterocycles. The van der Waals surface area contributed by atoms with Crippen molar-refractivity contribution >= 4 is 11.5 Å². The summed E-state index contributed by atoms with van der Waals surface area (Å²) in [4.78, 5) is 9.29. The van der Waals surface area contributed by atoms with E-state index in [0.717, 1.165) is 74.6 Å². The van der Waals surface area contributed by atoms with E-state index in [-0.39, 0.29) is 0 Å². The van der Waals surface area contributed by atoms with Crippen LogP contribution in [0.15, 0.2) is 16.8 Å². The molecule has 9 nitrogen and oxygen atoms in total. The highest BCUT2D eigenvalue weighted by Crippen LogP contribution is 2.39. The molecule has 4 heterocycles.